The van der Waals surface area contributed by atoms with E-state index in [0.717, 1.165) is 34.2 Å². The lowest BCUT2D eigenvalue weighted by Gasteiger charge is -2.12. The van der Waals surface area contributed by atoms with Crippen LogP contribution in [0.2, 0.25) is 0 Å². The number of para-hydroxylation sites is 1. The third kappa shape index (κ3) is 4.08. The second-order valence-corrected chi connectivity index (χ2v) is 7.27. The first-order valence-electron chi connectivity index (χ1n) is 9.10. The lowest BCUT2D eigenvalue weighted by molar-refractivity contribution is -0.122. The molecule has 1 aliphatic heterocycles. The van der Waals surface area contributed by atoms with Crippen molar-refractivity contribution < 1.29 is 9.53 Å². The highest BCUT2D eigenvalue weighted by molar-refractivity contribution is 8.18. The SMILES string of the molecule is CCc1ccccc1N=C1S/C(=C/c2ccc(C)c(OC)c2)C(=O)N1CC. The third-order valence-corrected chi connectivity index (χ3v) is 5.53. The molecule has 2 aromatic rings. The maximum absolute atomic E-state index is 12.8. The molecule has 1 heterocycles. The Morgan fingerprint density at radius 3 is 2.67 bits per heavy atom. The Bertz CT molecular complexity index is 918. The minimum Gasteiger partial charge on any atom is -0.496 e. The topological polar surface area (TPSA) is 41.9 Å². The summed E-state index contributed by atoms with van der Waals surface area (Å²) in [7, 11) is 1.66. The van der Waals surface area contributed by atoms with Crippen LogP contribution < -0.4 is 4.74 Å². The van der Waals surface area contributed by atoms with Gasteiger partial charge in [0.2, 0.25) is 0 Å². The van der Waals surface area contributed by atoms with Crippen LogP contribution in [-0.4, -0.2) is 29.6 Å². The minimum atomic E-state index is -0.00484. The van der Waals surface area contributed by atoms with Crippen LogP contribution in [0.15, 0.2) is 52.4 Å². The Labute approximate surface area is 164 Å². The number of benzene rings is 2. The van der Waals surface area contributed by atoms with E-state index >= 15 is 0 Å². The van der Waals surface area contributed by atoms with Gasteiger partial charge in [0.15, 0.2) is 5.17 Å². The highest BCUT2D eigenvalue weighted by Gasteiger charge is 2.32. The van der Waals surface area contributed by atoms with Gasteiger partial charge in [-0.3, -0.25) is 9.69 Å². The Kier molecular flexibility index (Phi) is 6.01. The van der Waals surface area contributed by atoms with Gasteiger partial charge in [0.1, 0.15) is 5.75 Å². The van der Waals surface area contributed by atoms with Crippen LogP contribution in [0.1, 0.15) is 30.5 Å². The fraction of sp³-hybridized carbons (Fsp3) is 0.273. The van der Waals surface area contributed by atoms with E-state index in [1.807, 2.05) is 56.3 Å². The number of carbonyl (C=O) groups is 1. The summed E-state index contributed by atoms with van der Waals surface area (Å²) in [6, 6.07) is 14.0. The normalized spacial score (nSPS) is 17.2. The van der Waals surface area contributed by atoms with E-state index in [-0.39, 0.29) is 5.91 Å². The number of nitrogens with zero attached hydrogens (tertiary/aromatic N) is 2. The van der Waals surface area contributed by atoms with Gasteiger partial charge in [0.25, 0.3) is 5.91 Å². The van der Waals surface area contributed by atoms with Gasteiger partial charge in [-0.2, -0.15) is 0 Å². The summed E-state index contributed by atoms with van der Waals surface area (Å²) in [6.07, 6.45) is 2.81. The molecule has 0 saturated carbocycles. The predicted octanol–water partition coefficient (Wildman–Crippen LogP) is 5.19. The molecule has 0 aromatic heterocycles. The molecule has 0 spiro atoms. The average molecular weight is 381 g/mol. The number of aliphatic imine (C=N–C) groups is 1. The minimum absolute atomic E-state index is 0.00484. The molecule has 0 unspecified atom stereocenters. The zero-order chi connectivity index (χ0) is 19.4. The first kappa shape index (κ1) is 19.2. The number of amidine groups is 1. The van der Waals surface area contributed by atoms with E-state index in [1.54, 1.807) is 12.0 Å². The molecule has 5 heteroatoms. The maximum Gasteiger partial charge on any atom is 0.266 e. The number of methoxy groups -OCH3 is 1. The standard InChI is InChI=1S/C22H24N2O2S/c1-5-17-9-7-8-10-18(17)23-22-24(6-2)21(25)20(27-22)14-16-12-11-15(3)19(13-16)26-4/h7-14H,5-6H2,1-4H3/b20-14+,23-22?. The number of amides is 1. The summed E-state index contributed by atoms with van der Waals surface area (Å²) in [5.74, 6) is 0.813. The second-order valence-electron chi connectivity index (χ2n) is 6.27. The number of carbonyl (C=O) groups excluding carboxylic acids is 1. The van der Waals surface area contributed by atoms with Crippen LogP contribution >= 0.6 is 11.8 Å². The van der Waals surface area contributed by atoms with Gasteiger partial charge in [-0.05, 0) is 66.9 Å². The third-order valence-electron chi connectivity index (χ3n) is 4.52. The van der Waals surface area contributed by atoms with Crippen molar-refractivity contribution in [3.05, 3.63) is 64.1 Å². The molecule has 0 radical (unpaired) electrons. The Hall–Kier alpha value is -2.53. The van der Waals surface area contributed by atoms with Crippen LogP contribution in [0.4, 0.5) is 5.69 Å². The predicted molar refractivity (Wildman–Crippen MR) is 114 cm³/mol. The van der Waals surface area contributed by atoms with Crippen molar-refractivity contribution in [2.75, 3.05) is 13.7 Å². The summed E-state index contributed by atoms with van der Waals surface area (Å²) < 4.78 is 5.39. The lowest BCUT2D eigenvalue weighted by Crippen LogP contribution is -2.28. The average Bonchev–Trinajstić information content (AvgIpc) is 2.98. The van der Waals surface area contributed by atoms with Gasteiger partial charge in [0, 0.05) is 6.54 Å². The number of thioether (sulfide) groups is 1. The van der Waals surface area contributed by atoms with E-state index in [4.69, 9.17) is 9.73 Å². The Morgan fingerprint density at radius 1 is 1.19 bits per heavy atom. The van der Waals surface area contributed by atoms with E-state index < -0.39 is 0 Å². The molecular formula is C22H24N2O2S. The fourth-order valence-electron chi connectivity index (χ4n) is 2.97. The number of hydrogen-bond acceptors (Lipinski definition) is 4. The summed E-state index contributed by atoms with van der Waals surface area (Å²) in [5, 5.41) is 0.730. The van der Waals surface area contributed by atoms with Gasteiger partial charge in [-0.15, -0.1) is 0 Å². The summed E-state index contributed by atoms with van der Waals surface area (Å²) in [5.41, 5.74) is 4.11. The van der Waals surface area contributed by atoms with Crippen molar-refractivity contribution in [3.8, 4) is 5.75 Å². The van der Waals surface area contributed by atoms with Gasteiger partial charge in [-0.1, -0.05) is 37.3 Å². The molecular weight excluding hydrogens is 356 g/mol. The van der Waals surface area contributed by atoms with Crippen molar-refractivity contribution >= 4 is 34.6 Å². The number of ether oxygens (including phenoxy) is 1. The van der Waals surface area contributed by atoms with E-state index in [9.17, 15) is 4.79 Å². The number of rotatable bonds is 5. The quantitative estimate of drug-likeness (QED) is 0.670. The zero-order valence-corrected chi connectivity index (χ0v) is 17.0. The van der Waals surface area contributed by atoms with Gasteiger partial charge in [0.05, 0.1) is 17.7 Å². The van der Waals surface area contributed by atoms with Gasteiger partial charge in [-0.25, -0.2) is 4.99 Å². The van der Waals surface area contributed by atoms with Crippen LogP contribution in [0.5, 0.6) is 5.75 Å². The Morgan fingerprint density at radius 2 is 1.96 bits per heavy atom. The molecule has 3 rings (SSSR count). The van der Waals surface area contributed by atoms with Crippen molar-refractivity contribution in [1.82, 2.24) is 4.90 Å². The molecule has 0 N–H and O–H groups in total. The Balaban J connectivity index is 1.96. The smallest absolute Gasteiger partial charge is 0.266 e. The zero-order valence-electron chi connectivity index (χ0n) is 16.2. The highest BCUT2D eigenvalue weighted by Crippen LogP contribution is 2.35. The van der Waals surface area contributed by atoms with E-state index in [2.05, 4.69) is 13.0 Å². The van der Waals surface area contributed by atoms with Crippen LogP contribution in [0.25, 0.3) is 6.08 Å². The molecule has 1 saturated heterocycles. The first-order chi connectivity index (χ1) is 13.1. The van der Waals surface area contributed by atoms with Crippen molar-refractivity contribution in [2.45, 2.75) is 27.2 Å². The molecule has 1 aliphatic rings. The van der Waals surface area contributed by atoms with E-state index in [1.165, 1.54) is 17.3 Å². The van der Waals surface area contributed by atoms with Gasteiger partial charge < -0.3 is 4.74 Å². The van der Waals surface area contributed by atoms with Crippen LogP contribution in [0.3, 0.4) is 0 Å². The molecule has 1 amide bonds. The first-order valence-corrected chi connectivity index (χ1v) is 9.91. The highest BCUT2D eigenvalue weighted by atomic mass is 32.2. The largest absolute Gasteiger partial charge is 0.496 e. The van der Waals surface area contributed by atoms with Gasteiger partial charge >= 0.3 is 0 Å². The van der Waals surface area contributed by atoms with Crippen molar-refractivity contribution in [3.63, 3.8) is 0 Å². The molecule has 140 valence electrons. The van der Waals surface area contributed by atoms with Crippen LogP contribution in [-0.2, 0) is 11.2 Å². The molecule has 27 heavy (non-hydrogen) atoms. The summed E-state index contributed by atoms with van der Waals surface area (Å²) in [4.78, 5) is 20.0. The molecule has 2 aromatic carbocycles. The number of hydrogen-bond donors (Lipinski definition) is 0. The maximum atomic E-state index is 12.8. The second kappa shape index (κ2) is 8.44. The van der Waals surface area contributed by atoms with Crippen molar-refractivity contribution in [1.29, 1.82) is 0 Å². The number of likely N-dealkylation sites (N-methyl/N-ethyl adjacent to an activating group) is 1. The molecule has 4 nitrogen and oxygen atoms in total. The van der Waals surface area contributed by atoms with Crippen LogP contribution in [0, 0.1) is 6.92 Å². The summed E-state index contributed by atoms with van der Waals surface area (Å²) >= 11 is 1.42. The van der Waals surface area contributed by atoms with Crippen molar-refractivity contribution in [2.24, 2.45) is 4.99 Å². The monoisotopic (exact) mass is 380 g/mol. The number of aryl methyl sites for hydroxylation is 2. The van der Waals surface area contributed by atoms with E-state index in [0.29, 0.717) is 11.4 Å². The lowest BCUT2D eigenvalue weighted by atomic mass is 10.1. The molecule has 1 fully saturated rings. The molecule has 0 atom stereocenters. The molecule has 0 bridgehead atoms. The fourth-order valence-corrected chi connectivity index (χ4v) is 4.03. The summed E-state index contributed by atoms with van der Waals surface area (Å²) in [6.45, 7) is 6.67. The molecule has 0 aliphatic carbocycles.